The van der Waals surface area contributed by atoms with E-state index in [1.165, 1.54) is 33.5 Å². The van der Waals surface area contributed by atoms with Crippen molar-refractivity contribution in [1.82, 2.24) is 9.55 Å². The van der Waals surface area contributed by atoms with Gasteiger partial charge in [0.15, 0.2) is 17.3 Å². The maximum Gasteiger partial charge on any atom is 0.204 e. The third kappa shape index (κ3) is 5.69. The van der Waals surface area contributed by atoms with E-state index in [1.807, 2.05) is 48.8 Å². The van der Waals surface area contributed by atoms with Gasteiger partial charge in [0, 0.05) is 18.2 Å². The summed E-state index contributed by atoms with van der Waals surface area (Å²) in [5.74, 6) is 0.550. The Labute approximate surface area is 215 Å². The lowest BCUT2D eigenvalue weighted by Crippen LogP contribution is -2.04. The van der Waals surface area contributed by atoms with Gasteiger partial charge in [0.1, 0.15) is 17.1 Å². The molecule has 4 aromatic rings. The minimum absolute atomic E-state index is 0.0122. The number of methoxy groups -OCH3 is 3. The second-order valence-electron chi connectivity index (χ2n) is 8.26. The number of benzene rings is 3. The van der Waals surface area contributed by atoms with Gasteiger partial charge in [0.25, 0.3) is 0 Å². The highest BCUT2D eigenvalue weighted by molar-refractivity contribution is 6.11. The van der Waals surface area contributed by atoms with Gasteiger partial charge in [-0.1, -0.05) is 30.3 Å². The van der Waals surface area contributed by atoms with Crippen LogP contribution in [0.2, 0.25) is 0 Å². The third-order valence-corrected chi connectivity index (χ3v) is 5.97. The van der Waals surface area contributed by atoms with Gasteiger partial charge < -0.3 is 28.6 Å². The zero-order valence-electron chi connectivity index (χ0n) is 21.1. The first kappa shape index (κ1) is 25.6. The van der Waals surface area contributed by atoms with E-state index in [0.29, 0.717) is 12.4 Å². The Balaban J connectivity index is 1.40. The normalized spacial score (nSPS) is 11.1. The number of ketones is 1. The third-order valence-electron chi connectivity index (χ3n) is 5.97. The van der Waals surface area contributed by atoms with Crippen LogP contribution >= 0.6 is 0 Å². The summed E-state index contributed by atoms with van der Waals surface area (Å²) in [7, 11) is 4.27. The van der Waals surface area contributed by atoms with Gasteiger partial charge in [-0.15, -0.1) is 0 Å². The molecular formula is C29H30N2O6. The number of hydrogen-bond donors (Lipinski definition) is 1. The number of imidazole rings is 1. The quantitative estimate of drug-likeness (QED) is 0.155. The van der Waals surface area contributed by atoms with Crippen molar-refractivity contribution in [3.05, 3.63) is 78.1 Å². The first-order valence-electron chi connectivity index (χ1n) is 11.9. The number of phenolic OH excluding ortho intramolecular Hbond substituents is 1. The molecule has 0 saturated carbocycles. The van der Waals surface area contributed by atoms with Crippen molar-refractivity contribution < 1.29 is 28.8 Å². The number of unbranched alkanes of at least 4 members (excludes halogenated alkanes) is 1. The van der Waals surface area contributed by atoms with Gasteiger partial charge in [-0.25, -0.2) is 4.98 Å². The molecule has 0 radical (unpaired) electrons. The summed E-state index contributed by atoms with van der Waals surface area (Å²) in [4.78, 5) is 17.5. The van der Waals surface area contributed by atoms with Gasteiger partial charge in [0.2, 0.25) is 5.75 Å². The number of nitrogens with zero attached hydrogens (tertiary/aromatic N) is 2. The van der Waals surface area contributed by atoms with E-state index in [-0.39, 0.29) is 28.6 Å². The second kappa shape index (κ2) is 12.0. The monoisotopic (exact) mass is 502 g/mol. The molecule has 0 atom stereocenters. The fourth-order valence-electron chi connectivity index (χ4n) is 4.13. The van der Waals surface area contributed by atoms with Crippen LogP contribution in [0.15, 0.2) is 67.0 Å². The zero-order valence-corrected chi connectivity index (χ0v) is 21.1. The number of carbonyl (C=O) groups is 1. The molecule has 3 aromatic carbocycles. The molecule has 0 aliphatic carbocycles. The van der Waals surface area contributed by atoms with E-state index in [0.717, 1.165) is 36.0 Å². The molecule has 192 valence electrons. The van der Waals surface area contributed by atoms with Crippen molar-refractivity contribution in [1.29, 1.82) is 0 Å². The molecule has 0 amide bonds. The van der Waals surface area contributed by atoms with Crippen molar-refractivity contribution >= 4 is 22.9 Å². The average molecular weight is 503 g/mol. The Morgan fingerprint density at radius 2 is 1.70 bits per heavy atom. The smallest absolute Gasteiger partial charge is 0.204 e. The SMILES string of the molecule is COc1cc(O)c(C(=O)/C=C/c2ccccc2OCCCCn2cnc3ccccc32)c(OC)c1OC. The number of aryl methyl sites for hydroxylation is 1. The standard InChI is InChI=1S/C29H30N2O6/c1-34-26-18-24(33)27(29(36-3)28(26)35-2)23(32)15-14-20-10-4-7-13-25(20)37-17-9-8-16-31-19-30-21-11-5-6-12-22(21)31/h4-7,10-15,18-19,33H,8-9,16-17H2,1-3H3/b15-14+. The molecule has 37 heavy (non-hydrogen) atoms. The van der Waals surface area contributed by atoms with Crippen molar-refractivity contribution in [2.24, 2.45) is 0 Å². The molecule has 8 nitrogen and oxygen atoms in total. The molecule has 0 fully saturated rings. The highest BCUT2D eigenvalue weighted by atomic mass is 16.5. The molecule has 8 heteroatoms. The molecule has 1 heterocycles. The number of ether oxygens (including phenoxy) is 4. The van der Waals surface area contributed by atoms with Crippen LogP contribution in [0, 0.1) is 0 Å². The van der Waals surface area contributed by atoms with Crippen LogP contribution in [-0.2, 0) is 6.54 Å². The highest BCUT2D eigenvalue weighted by Crippen LogP contribution is 2.45. The van der Waals surface area contributed by atoms with E-state index < -0.39 is 5.78 Å². The molecule has 1 N–H and O–H groups in total. The van der Waals surface area contributed by atoms with Crippen LogP contribution in [0.3, 0.4) is 0 Å². The van der Waals surface area contributed by atoms with Crippen LogP contribution < -0.4 is 18.9 Å². The minimum Gasteiger partial charge on any atom is -0.507 e. The Bertz CT molecular complexity index is 1410. The summed E-state index contributed by atoms with van der Waals surface area (Å²) in [6.45, 7) is 1.40. The maximum atomic E-state index is 13.0. The van der Waals surface area contributed by atoms with Crippen LogP contribution in [0.4, 0.5) is 0 Å². The summed E-state index contributed by atoms with van der Waals surface area (Å²) >= 11 is 0. The van der Waals surface area contributed by atoms with Crippen molar-refractivity contribution in [2.75, 3.05) is 27.9 Å². The Morgan fingerprint density at radius 1 is 0.946 bits per heavy atom. The highest BCUT2D eigenvalue weighted by Gasteiger charge is 2.24. The largest absolute Gasteiger partial charge is 0.507 e. The van der Waals surface area contributed by atoms with Gasteiger partial charge in [-0.05, 0) is 43.2 Å². The minimum atomic E-state index is -0.447. The lowest BCUT2D eigenvalue weighted by molar-refractivity contribution is 0.104. The molecule has 0 aliphatic heterocycles. The van der Waals surface area contributed by atoms with Gasteiger partial charge in [0.05, 0.1) is 45.3 Å². The molecule has 1 aromatic heterocycles. The van der Waals surface area contributed by atoms with E-state index in [1.54, 1.807) is 6.08 Å². The van der Waals surface area contributed by atoms with Crippen LogP contribution in [0.25, 0.3) is 17.1 Å². The molecule has 0 aliphatic rings. The summed E-state index contributed by atoms with van der Waals surface area (Å²) in [6, 6.07) is 16.9. The van der Waals surface area contributed by atoms with Gasteiger partial charge >= 0.3 is 0 Å². The van der Waals surface area contributed by atoms with E-state index in [9.17, 15) is 9.90 Å². The summed E-state index contributed by atoms with van der Waals surface area (Å²) in [6.07, 6.45) is 6.70. The van der Waals surface area contributed by atoms with E-state index in [4.69, 9.17) is 18.9 Å². The topological polar surface area (TPSA) is 92.0 Å². The number of fused-ring (bicyclic) bond motifs is 1. The number of para-hydroxylation sites is 3. The molecule has 0 unspecified atom stereocenters. The number of aromatic nitrogens is 2. The van der Waals surface area contributed by atoms with Crippen LogP contribution in [-0.4, -0.2) is 48.4 Å². The fraction of sp³-hybridized carbons (Fsp3) is 0.241. The predicted molar refractivity (Wildman–Crippen MR) is 142 cm³/mol. The number of aromatic hydroxyl groups is 1. The molecule has 0 spiro atoms. The van der Waals surface area contributed by atoms with Gasteiger partial charge in [-0.3, -0.25) is 4.79 Å². The van der Waals surface area contributed by atoms with E-state index >= 15 is 0 Å². The Morgan fingerprint density at radius 3 is 2.49 bits per heavy atom. The first-order valence-corrected chi connectivity index (χ1v) is 11.9. The van der Waals surface area contributed by atoms with Crippen molar-refractivity contribution in [3.63, 3.8) is 0 Å². The molecule has 0 bridgehead atoms. The molecular weight excluding hydrogens is 472 g/mol. The van der Waals surface area contributed by atoms with Gasteiger partial charge in [-0.2, -0.15) is 0 Å². The molecule has 4 rings (SSSR count). The average Bonchev–Trinajstić information content (AvgIpc) is 3.34. The number of phenols is 1. The van der Waals surface area contributed by atoms with Crippen molar-refractivity contribution in [3.8, 4) is 28.7 Å². The lowest BCUT2D eigenvalue weighted by atomic mass is 10.0. The summed E-state index contributed by atoms with van der Waals surface area (Å²) in [5.41, 5.74) is 2.85. The Hall–Kier alpha value is -4.46. The maximum absolute atomic E-state index is 13.0. The zero-order chi connectivity index (χ0) is 26.2. The number of rotatable bonds is 12. The lowest BCUT2D eigenvalue weighted by Gasteiger charge is -2.15. The number of carbonyl (C=O) groups excluding carboxylic acids is 1. The summed E-state index contributed by atoms with van der Waals surface area (Å²) < 4.78 is 24.1. The summed E-state index contributed by atoms with van der Waals surface area (Å²) in [5, 5.41) is 10.5. The molecule has 0 saturated heterocycles. The van der Waals surface area contributed by atoms with Crippen molar-refractivity contribution in [2.45, 2.75) is 19.4 Å². The van der Waals surface area contributed by atoms with Crippen LogP contribution in [0.1, 0.15) is 28.8 Å². The number of allylic oxidation sites excluding steroid dienone is 1. The van der Waals surface area contributed by atoms with Crippen LogP contribution in [0.5, 0.6) is 28.7 Å². The van der Waals surface area contributed by atoms with E-state index in [2.05, 4.69) is 15.6 Å². The Kier molecular flexibility index (Phi) is 8.30. The second-order valence-corrected chi connectivity index (χ2v) is 8.26. The fourth-order valence-corrected chi connectivity index (χ4v) is 4.13. The predicted octanol–water partition coefficient (Wildman–Crippen LogP) is 5.52. The first-order chi connectivity index (χ1) is 18.1. The number of hydrogen-bond acceptors (Lipinski definition) is 7.